The van der Waals surface area contributed by atoms with Gasteiger partial charge in [0.15, 0.2) is 0 Å². The smallest absolute Gasteiger partial charge is 0.246 e. The van der Waals surface area contributed by atoms with Gasteiger partial charge in [-0.15, -0.1) is 0 Å². The number of nitrogens with one attached hydrogen (secondary N) is 1. The molecule has 1 unspecified atom stereocenters. The quantitative estimate of drug-likeness (QED) is 0.840. The van der Waals surface area contributed by atoms with Gasteiger partial charge in [-0.2, -0.15) is 0 Å². The van der Waals surface area contributed by atoms with E-state index < -0.39 is 10.0 Å². The molecule has 0 radical (unpaired) electrons. The number of hydrogen-bond acceptors (Lipinski definition) is 3. The van der Waals surface area contributed by atoms with Crippen LogP contribution in [0.15, 0.2) is 35.2 Å². The van der Waals surface area contributed by atoms with E-state index in [4.69, 9.17) is 0 Å². The number of rotatable bonds is 5. The predicted octanol–water partition coefficient (Wildman–Crippen LogP) is 2.40. The van der Waals surface area contributed by atoms with Gasteiger partial charge in [0.2, 0.25) is 15.9 Å². The fourth-order valence-corrected chi connectivity index (χ4v) is 3.58. The number of carbonyl (C=O) groups excluding carboxylic acids is 1. The average Bonchev–Trinajstić information content (AvgIpc) is 2.60. The topological polar surface area (TPSA) is 66.5 Å². The van der Waals surface area contributed by atoms with Crippen LogP contribution in [0, 0.1) is 0 Å². The molecule has 1 N–H and O–H groups in total. The van der Waals surface area contributed by atoms with Gasteiger partial charge in [0.1, 0.15) is 0 Å². The van der Waals surface area contributed by atoms with E-state index in [0.29, 0.717) is 6.04 Å². The van der Waals surface area contributed by atoms with Crippen molar-refractivity contribution in [2.24, 2.45) is 0 Å². The molecule has 1 amide bonds. The van der Waals surface area contributed by atoms with E-state index >= 15 is 0 Å². The lowest BCUT2D eigenvalue weighted by Crippen LogP contribution is -2.42. The summed E-state index contributed by atoms with van der Waals surface area (Å²) in [5.74, 6) is 0.0310. The summed E-state index contributed by atoms with van der Waals surface area (Å²) in [7, 11) is -2.04. The molecule has 1 atom stereocenters. The first-order valence-electron chi connectivity index (χ1n) is 8.00. The number of amides is 1. The molecule has 1 aromatic carbocycles. The van der Waals surface area contributed by atoms with Crippen LogP contribution in [0.1, 0.15) is 38.2 Å². The largest absolute Gasteiger partial charge is 0.336 e. The normalized spacial score (nSPS) is 19.2. The van der Waals surface area contributed by atoms with E-state index in [1.165, 1.54) is 25.6 Å². The summed E-state index contributed by atoms with van der Waals surface area (Å²) in [4.78, 5) is 14.5. The van der Waals surface area contributed by atoms with E-state index in [2.05, 4.69) is 11.6 Å². The van der Waals surface area contributed by atoms with Crippen LogP contribution < -0.4 is 4.72 Å². The molecule has 0 saturated carbocycles. The van der Waals surface area contributed by atoms with Gasteiger partial charge in [-0.05, 0) is 56.5 Å². The maximum Gasteiger partial charge on any atom is 0.246 e. The second kappa shape index (κ2) is 7.75. The van der Waals surface area contributed by atoms with Crippen molar-refractivity contribution in [2.75, 3.05) is 13.6 Å². The molecule has 6 heteroatoms. The number of likely N-dealkylation sites (tertiary alicyclic amines) is 1. The Balaban J connectivity index is 2.06. The summed E-state index contributed by atoms with van der Waals surface area (Å²) in [5, 5.41) is 0. The van der Waals surface area contributed by atoms with Gasteiger partial charge in [0.05, 0.1) is 4.90 Å². The van der Waals surface area contributed by atoms with Crippen molar-refractivity contribution < 1.29 is 13.2 Å². The van der Waals surface area contributed by atoms with Gasteiger partial charge < -0.3 is 4.90 Å². The Morgan fingerprint density at radius 1 is 1.30 bits per heavy atom. The molecule has 23 heavy (non-hydrogen) atoms. The fourth-order valence-electron chi connectivity index (χ4n) is 2.85. The predicted molar refractivity (Wildman–Crippen MR) is 91.4 cm³/mol. The molecule has 1 aliphatic rings. The Morgan fingerprint density at radius 2 is 2.00 bits per heavy atom. The minimum atomic E-state index is -3.42. The first-order valence-corrected chi connectivity index (χ1v) is 9.48. The zero-order valence-electron chi connectivity index (χ0n) is 13.7. The van der Waals surface area contributed by atoms with E-state index in [0.717, 1.165) is 31.4 Å². The highest BCUT2D eigenvalue weighted by molar-refractivity contribution is 7.89. The number of carbonyl (C=O) groups is 1. The van der Waals surface area contributed by atoms with Crippen molar-refractivity contribution in [3.8, 4) is 0 Å². The summed E-state index contributed by atoms with van der Waals surface area (Å²) >= 11 is 0. The maximum absolute atomic E-state index is 12.3. The van der Waals surface area contributed by atoms with Gasteiger partial charge >= 0.3 is 0 Å². The van der Waals surface area contributed by atoms with Crippen molar-refractivity contribution in [2.45, 2.75) is 43.5 Å². The van der Waals surface area contributed by atoms with Gasteiger partial charge in [0.25, 0.3) is 0 Å². The Bertz CT molecular complexity index is 666. The molecular weight excluding hydrogens is 312 g/mol. The second-order valence-electron chi connectivity index (χ2n) is 5.70. The van der Waals surface area contributed by atoms with Crippen LogP contribution in [0.3, 0.4) is 0 Å². The number of benzene rings is 1. The van der Waals surface area contributed by atoms with Crippen LogP contribution in [0.25, 0.3) is 6.08 Å². The SMILES string of the molecule is CCC1CCCCN1C(=O)/C=C/c1ccc(S(=O)(=O)NC)cc1. The maximum atomic E-state index is 12.3. The minimum absolute atomic E-state index is 0.0310. The average molecular weight is 336 g/mol. The van der Waals surface area contributed by atoms with E-state index in [9.17, 15) is 13.2 Å². The second-order valence-corrected chi connectivity index (χ2v) is 7.59. The molecule has 1 heterocycles. The molecule has 1 aliphatic heterocycles. The number of nitrogens with zero attached hydrogens (tertiary/aromatic N) is 1. The highest BCUT2D eigenvalue weighted by atomic mass is 32.2. The van der Waals surface area contributed by atoms with Crippen LogP contribution in [0.4, 0.5) is 0 Å². The summed E-state index contributed by atoms with van der Waals surface area (Å²) in [6, 6.07) is 6.80. The molecule has 0 spiro atoms. The van der Waals surface area contributed by atoms with Crippen molar-refractivity contribution in [1.29, 1.82) is 0 Å². The van der Waals surface area contributed by atoms with Crippen LogP contribution in [0.2, 0.25) is 0 Å². The van der Waals surface area contributed by atoms with Crippen LogP contribution in [-0.4, -0.2) is 38.9 Å². The number of hydrogen-bond donors (Lipinski definition) is 1. The van der Waals surface area contributed by atoms with Crippen molar-refractivity contribution in [3.63, 3.8) is 0 Å². The zero-order valence-corrected chi connectivity index (χ0v) is 14.5. The summed E-state index contributed by atoms with van der Waals surface area (Å²) < 4.78 is 25.6. The molecule has 1 aromatic rings. The van der Waals surface area contributed by atoms with Gasteiger partial charge in [-0.3, -0.25) is 4.79 Å². The Morgan fingerprint density at radius 3 is 2.61 bits per heavy atom. The molecule has 5 nitrogen and oxygen atoms in total. The molecule has 0 aromatic heterocycles. The van der Waals surface area contributed by atoms with Crippen LogP contribution >= 0.6 is 0 Å². The third kappa shape index (κ3) is 4.42. The number of sulfonamides is 1. The van der Waals surface area contributed by atoms with E-state index in [1.807, 2.05) is 4.90 Å². The van der Waals surface area contributed by atoms with Crippen molar-refractivity contribution in [1.82, 2.24) is 9.62 Å². The third-order valence-electron chi connectivity index (χ3n) is 4.26. The molecular formula is C17H24N2O3S. The first kappa shape index (κ1) is 17.7. The van der Waals surface area contributed by atoms with Gasteiger partial charge in [-0.1, -0.05) is 19.1 Å². The fraction of sp³-hybridized carbons (Fsp3) is 0.471. The highest BCUT2D eigenvalue weighted by Crippen LogP contribution is 2.20. The standard InChI is InChI=1S/C17H24N2O3S/c1-3-15-6-4-5-13-19(15)17(20)12-9-14-7-10-16(11-8-14)23(21,22)18-2/h7-12,15,18H,3-6,13H2,1-2H3/b12-9+. The minimum Gasteiger partial charge on any atom is -0.336 e. The summed E-state index contributed by atoms with van der Waals surface area (Å²) in [6.07, 6.45) is 7.62. The Hall–Kier alpha value is -1.66. The molecule has 126 valence electrons. The lowest BCUT2D eigenvalue weighted by atomic mass is 10.00. The third-order valence-corrected chi connectivity index (χ3v) is 5.69. The molecule has 1 saturated heterocycles. The molecule has 0 aliphatic carbocycles. The number of piperidine rings is 1. The Labute approximate surface area is 138 Å². The Kier molecular flexibility index (Phi) is 5.96. The highest BCUT2D eigenvalue weighted by Gasteiger charge is 2.23. The lowest BCUT2D eigenvalue weighted by Gasteiger charge is -2.34. The monoisotopic (exact) mass is 336 g/mol. The van der Waals surface area contributed by atoms with Gasteiger partial charge in [0, 0.05) is 18.7 Å². The molecule has 2 rings (SSSR count). The lowest BCUT2D eigenvalue weighted by molar-refractivity contribution is -0.129. The zero-order chi connectivity index (χ0) is 16.9. The van der Waals surface area contributed by atoms with Crippen LogP contribution in [-0.2, 0) is 14.8 Å². The van der Waals surface area contributed by atoms with E-state index in [1.54, 1.807) is 24.3 Å². The summed E-state index contributed by atoms with van der Waals surface area (Å²) in [5.41, 5.74) is 0.804. The van der Waals surface area contributed by atoms with Crippen molar-refractivity contribution >= 4 is 22.0 Å². The first-order chi connectivity index (χ1) is 11.0. The van der Waals surface area contributed by atoms with Gasteiger partial charge in [-0.25, -0.2) is 13.1 Å². The molecule has 0 bridgehead atoms. The molecule has 1 fully saturated rings. The van der Waals surface area contributed by atoms with E-state index in [-0.39, 0.29) is 10.8 Å². The van der Waals surface area contributed by atoms with Crippen LogP contribution in [0.5, 0.6) is 0 Å². The summed E-state index contributed by atoms with van der Waals surface area (Å²) in [6.45, 7) is 2.93. The van der Waals surface area contributed by atoms with Crippen molar-refractivity contribution in [3.05, 3.63) is 35.9 Å².